The van der Waals surface area contributed by atoms with E-state index in [2.05, 4.69) is 10.3 Å². The van der Waals surface area contributed by atoms with Crippen LogP contribution in [0.2, 0.25) is 5.02 Å². The number of nitrogens with one attached hydrogen (secondary N) is 1. The van der Waals surface area contributed by atoms with E-state index in [0.717, 1.165) is 11.1 Å². The van der Waals surface area contributed by atoms with Gasteiger partial charge in [0, 0.05) is 10.6 Å². The lowest BCUT2D eigenvalue weighted by molar-refractivity contribution is -0.137. The summed E-state index contributed by atoms with van der Waals surface area (Å²) in [5.74, 6) is -0.973. The molecule has 30 heavy (non-hydrogen) atoms. The average molecular weight is 425 g/mol. The van der Waals surface area contributed by atoms with Gasteiger partial charge in [0.05, 0.1) is 19.6 Å². The predicted octanol–water partition coefficient (Wildman–Crippen LogP) is 4.66. The minimum atomic E-state index is -1.01. The third kappa shape index (κ3) is 5.15. The van der Waals surface area contributed by atoms with E-state index in [1.807, 2.05) is 31.2 Å². The fraction of sp³-hybridized carbons (Fsp3) is 0.174. The number of pyridine rings is 1. The predicted molar refractivity (Wildman–Crippen MR) is 115 cm³/mol. The summed E-state index contributed by atoms with van der Waals surface area (Å²) < 4.78 is 5.37. The molecule has 0 aliphatic rings. The summed E-state index contributed by atoms with van der Waals surface area (Å²) in [7, 11) is 1.52. The van der Waals surface area contributed by atoms with Crippen molar-refractivity contribution in [2.45, 2.75) is 19.4 Å². The largest absolute Gasteiger partial charge is 0.494 e. The minimum absolute atomic E-state index is 0.156. The van der Waals surface area contributed by atoms with Gasteiger partial charge in [-0.05, 0) is 36.8 Å². The van der Waals surface area contributed by atoms with Gasteiger partial charge in [0.2, 0.25) is 0 Å². The Morgan fingerprint density at radius 1 is 1.07 bits per heavy atom. The monoisotopic (exact) mass is 424 g/mol. The summed E-state index contributed by atoms with van der Waals surface area (Å²) in [6, 6.07) is 16.9. The molecule has 7 heteroatoms. The lowest BCUT2D eigenvalue weighted by atomic mass is 10.0. The van der Waals surface area contributed by atoms with Crippen molar-refractivity contribution >= 4 is 23.5 Å². The number of ether oxygens (including phenoxy) is 1. The molecule has 0 fully saturated rings. The van der Waals surface area contributed by atoms with Gasteiger partial charge in [-0.2, -0.15) is 0 Å². The lowest BCUT2D eigenvalue weighted by Crippen LogP contribution is -2.30. The van der Waals surface area contributed by atoms with Gasteiger partial charge in [-0.3, -0.25) is 9.59 Å². The van der Waals surface area contributed by atoms with Gasteiger partial charge >= 0.3 is 5.97 Å². The number of hydrogen-bond donors (Lipinski definition) is 2. The van der Waals surface area contributed by atoms with E-state index in [1.165, 1.54) is 7.11 Å². The smallest absolute Gasteiger partial charge is 0.305 e. The number of rotatable bonds is 7. The number of benzene rings is 2. The molecule has 1 aromatic heterocycles. The summed E-state index contributed by atoms with van der Waals surface area (Å²) in [6.07, 6.45) is -0.241. The number of carbonyl (C=O) groups is 2. The van der Waals surface area contributed by atoms with Crippen molar-refractivity contribution in [1.29, 1.82) is 0 Å². The maximum atomic E-state index is 12.9. The Labute approximate surface area is 179 Å². The van der Waals surface area contributed by atoms with Gasteiger partial charge in [0.15, 0.2) is 0 Å². The summed E-state index contributed by atoms with van der Waals surface area (Å²) in [5.41, 5.74) is 3.15. The normalized spacial score (nSPS) is 11.6. The average Bonchev–Trinajstić information content (AvgIpc) is 2.73. The molecule has 3 rings (SSSR count). The van der Waals surface area contributed by atoms with Gasteiger partial charge in [-0.25, -0.2) is 4.98 Å². The molecule has 1 heterocycles. The fourth-order valence-electron chi connectivity index (χ4n) is 3.01. The first-order valence-corrected chi connectivity index (χ1v) is 9.65. The third-order valence-electron chi connectivity index (χ3n) is 4.59. The molecule has 0 saturated heterocycles. The molecule has 2 aromatic carbocycles. The van der Waals surface area contributed by atoms with Crippen LogP contribution < -0.4 is 10.1 Å². The highest BCUT2D eigenvalue weighted by Crippen LogP contribution is 2.29. The van der Waals surface area contributed by atoms with Crippen LogP contribution in [0.3, 0.4) is 0 Å². The molecule has 0 unspecified atom stereocenters. The summed E-state index contributed by atoms with van der Waals surface area (Å²) in [6.45, 7) is 1.94. The van der Waals surface area contributed by atoms with Crippen molar-refractivity contribution in [1.82, 2.24) is 10.3 Å². The number of methoxy groups -OCH3 is 1. The first-order chi connectivity index (χ1) is 14.4. The Morgan fingerprint density at radius 2 is 1.73 bits per heavy atom. The highest BCUT2D eigenvalue weighted by molar-refractivity contribution is 6.30. The second-order valence-corrected chi connectivity index (χ2v) is 7.23. The topological polar surface area (TPSA) is 88.5 Å². The molecule has 2 N–H and O–H groups in total. The van der Waals surface area contributed by atoms with E-state index < -0.39 is 17.9 Å². The Kier molecular flexibility index (Phi) is 6.69. The van der Waals surface area contributed by atoms with E-state index >= 15 is 0 Å². The number of aryl methyl sites for hydroxylation is 1. The Bertz CT molecular complexity index is 1050. The van der Waals surface area contributed by atoms with E-state index in [9.17, 15) is 14.7 Å². The molecule has 0 saturated carbocycles. The molecular formula is C23H21ClN2O4. The first kappa shape index (κ1) is 21.3. The third-order valence-corrected chi connectivity index (χ3v) is 4.84. The van der Waals surface area contributed by atoms with Crippen LogP contribution in [-0.2, 0) is 4.79 Å². The minimum Gasteiger partial charge on any atom is -0.494 e. The highest BCUT2D eigenvalue weighted by atomic mass is 35.5. The molecular weight excluding hydrogens is 404 g/mol. The van der Waals surface area contributed by atoms with Crippen LogP contribution in [-0.4, -0.2) is 29.1 Å². The van der Waals surface area contributed by atoms with Gasteiger partial charge in [-0.15, -0.1) is 0 Å². The zero-order chi connectivity index (χ0) is 21.7. The summed E-state index contributed by atoms with van der Waals surface area (Å²) >= 11 is 5.96. The number of halogens is 1. The second kappa shape index (κ2) is 9.41. The molecule has 154 valence electrons. The molecule has 6 nitrogen and oxygen atoms in total. The SMILES string of the molecule is COc1ccc(C(=O)N[C@@H](CC(=O)O)c2ccc(C)cc2)nc1-c1ccc(Cl)cc1. The maximum absolute atomic E-state index is 12.9. The number of aliphatic carboxylic acids is 1. The number of hydrogen-bond acceptors (Lipinski definition) is 4. The van der Waals surface area contributed by atoms with Crippen molar-refractivity contribution in [2.24, 2.45) is 0 Å². The molecule has 0 aliphatic heterocycles. The number of amides is 1. The first-order valence-electron chi connectivity index (χ1n) is 9.27. The molecule has 0 bridgehead atoms. The Balaban J connectivity index is 1.90. The second-order valence-electron chi connectivity index (χ2n) is 6.79. The zero-order valence-electron chi connectivity index (χ0n) is 16.6. The molecule has 0 radical (unpaired) electrons. The highest BCUT2D eigenvalue weighted by Gasteiger charge is 2.21. The van der Waals surface area contributed by atoms with Crippen molar-refractivity contribution in [2.75, 3.05) is 7.11 Å². The lowest BCUT2D eigenvalue weighted by Gasteiger charge is -2.18. The molecule has 1 amide bonds. The van der Waals surface area contributed by atoms with Gasteiger partial charge < -0.3 is 15.2 Å². The van der Waals surface area contributed by atoms with Crippen LogP contribution in [0.1, 0.15) is 34.1 Å². The number of nitrogens with zero attached hydrogens (tertiary/aromatic N) is 1. The number of aromatic nitrogens is 1. The number of carbonyl (C=O) groups excluding carboxylic acids is 1. The molecule has 0 aliphatic carbocycles. The van der Waals surface area contributed by atoms with Crippen molar-refractivity contribution in [3.8, 4) is 17.0 Å². The molecule has 3 aromatic rings. The molecule has 1 atom stereocenters. The van der Waals surface area contributed by atoms with Gasteiger partial charge in [-0.1, -0.05) is 53.6 Å². The van der Waals surface area contributed by atoms with Crippen molar-refractivity contribution in [3.63, 3.8) is 0 Å². The van der Waals surface area contributed by atoms with Crippen LogP contribution in [0.4, 0.5) is 0 Å². The van der Waals surface area contributed by atoms with E-state index in [4.69, 9.17) is 16.3 Å². The van der Waals surface area contributed by atoms with Crippen LogP contribution in [0.15, 0.2) is 60.7 Å². The van der Waals surface area contributed by atoms with Crippen LogP contribution >= 0.6 is 11.6 Å². The molecule has 0 spiro atoms. The fourth-order valence-corrected chi connectivity index (χ4v) is 3.14. The van der Waals surface area contributed by atoms with E-state index in [-0.39, 0.29) is 12.1 Å². The van der Waals surface area contributed by atoms with Crippen LogP contribution in [0.25, 0.3) is 11.3 Å². The van der Waals surface area contributed by atoms with Crippen LogP contribution in [0.5, 0.6) is 5.75 Å². The van der Waals surface area contributed by atoms with Crippen molar-refractivity contribution in [3.05, 3.63) is 82.5 Å². The van der Waals surface area contributed by atoms with E-state index in [0.29, 0.717) is 22.0 Å². The van der Waals surface area contributed by atoms with Gasteiger partial charge in [0.25, 0.3) is 5.91 Å². The Morgan fingerprint density at radius 3 is 2.33 bits per heavy atom. The van der Waals surface area contributed by atoms with Crippen molar-refractivity contribution < 1.29 is 19.4 Å². The quantitative estimate of drug-likeness (QED) is 0.575. The van der Waals surface area contributed by atoms with Gasteiger partial charge in [0.1, 0.15) is 17.1 Å². The summed E-state index contributed by atoms with van der Waals surface area (Å²) in [5, 5.41) is 12.6. The maximum Gasteiger partial charge on any atom is 0.305 e. The number of carboxylic acids is 1. The summed E-state index contributed by atoms with van der Waals surface area (Å²) in [4.78, 5) is 28.7. The number of carboxylic acid groups (broad SMARTS) is 1. The van der Waals surface area contributed by atoms with Crippen LogP contribution in [0, 0.1) is 6.92 Å². The zero-order valence-corrected chi connectivity index (χ0v) is 17.3. The van der Waals surface area contributed by atoms with E-state index in [1.54, 1.807) is 36.4 Å². The Hall–Kier alpha value is -3.38. The standard InChI is InChI=1S/C23H21ClN2O4/c1-14-3-5-15(6-4-14)19(13-21(27)28)26-23(29)18-11-12-20(30-2)22(25-18)16-7-9-17(24)10-8-16/h3-12,19H,13H2,1-2H3,(H,26,29)(H,27,28)/t19-/m0/s1.